The Balaban J connectivity index is 2.16. The topological polar surface area (TPSA) is 69.6 Å². The van der Waals surface area contributed by atoms with Crippen LogP contribution in [0.25, 0.3) is 0 Å². The Kier molecular flexibility index (Phi) is 4.91. The second-order valence-corrected chi connectivity index (χ2v) is 6.63. The van der Waals surface area contributed by atoms with Crippen LogP contribution in [0.15, 0.2) is 0 Å². The Morgan fingerprint density at radius 3 is 2.52 bits per heavy atom. The van der Waals surface area contributed by atoms with Gasteiger partial charge in [0.1, 0.15) is 0 Å². The molecule has 0 aromatic rings. The second-order valence-electron chi connectivity index (χ2n) is 6.63. The molecule has 0 spiro atoms. The zero-order valence-electron chi connectivity index (χ0n) is 13.3. The normalized spacial score (nSPS) is 33.1. The van der Waals surface area contributed by atoms with Crippen molar-refractivity contribution in [2.45, 2.75) is 64.3 Å². The number of carbonyl (C=O) groups excluding carboxylic acids is 1. The van der Waals surface area contributed by atoms with E-state index in [0.29, 0.717) is 25.9 Å². The molecular weight excluding hydrogens is 268 g/mol. The number of piperidine rings is 1. The maximum absolute atomic E-state index is 12.9. The minimum absolute atomic E-state index is 0.115. The van der Waals surface area contributed by atoms with E-state index in [2.05, 4.69) is 5.32 Å². The molecule has 2 atom stereocenters. The number of amides is 1. The molecule has 120 valence electrons. The number of rotatable bonds is 5. The van der Waals surface area contributed by atoms with E-state index < -0.39 is 16.9 Å². The number of carbonyl (C=O) groups is 2. The smallest absolute Gasteiger partial charge is 0.311 e. The van der Waals surface area contributed by atoms with Gasteiger partial charge in [0.15, 0.2) is 0 Å². The van der Waals surface area contributed by atoms with Crippen LogP contribution in [0.4, 0.5) is 0 Å². The van der Waals surface area contributed by atoms with Gasteiger partial charge in [-0.3, -0.25) is 9.59 Å². The molecule has 5 nitrogen and oxygen atoms in total. The van der Waals surface area contributed by atoms with Gasteiger partial charge >= 0.3 is 5.97 Å². The zero-order chi connectivity index (χ0) is 15.5. The first-order valence-corrected chi connectivity index (χ1v) is 8.27. The van der Waals surface area contributed by atoms with Crippen molar-refractivity contribution in [1.82, 2.24) is 10.2 Å². The summed E-state index contributed by atoms with van der Waals surface area (Å²) >= 11 is 0. The van der Waals surface area contributed by atoms with Gasteiger partial charge in [-0.1, -0.05) is 20.3 Å². The molecule has 2 aliphatic rings. The van der Waals surface area contributed by atoms with Crippen molar-refractivity contribution in [2.75, 3.05) is 19.6 Å². The van der Waals surface area contributed by atoms with Crippen LogP contribution in [0, 0.1) is 5.41 Å². The molecule has 0 aromatic carbocycles. The van der Waals surface area contributed by atoms with Crippen molar-refractivity contribution < 1.29 is 14.7 Å². The lowest BCUT2D eigenvalue weighted by Gasteiger charge is -2.43. The molecule has 21 heavy (non-hydrogen) atoms. The van der Waals surface area contributed by atoms with Crippen LogP contribution >= 0.6 is 0 Å². The van der Waals surface area contributed by atoms with Crippen LogP contribution in [0.5, 0.6) is 0 Å². The molecule has 0 bridgehead atoms. The van der Waals surface area contributed by atoms with Gasteiger partial charge in [-0.15, -0.1) is 0 Å². The van der Waals surface area contributed by atoms with Gasteiger partial charge in [-0.05, 0) is 45.1 Å². The van der Waals surface area contributed by atoms with Gasteiger partial charge in [-0.25, -0.2) is 0 Å². The fourth-order valence-corrected chi connectivity index (χ4v) is 4.01. The average Bonchev–Trinajstić information content (AvgIpc) is 2.97. The fourth-order valence-electron chi connectivity index (χ4n) is 4.01. The maximum Gasteiger partial charge on any atom is 0.311 e. The highest BCUT2D eigenvalue weighted by molar-refractivity contribution is 5.87. The molecule has 2 heterocycles. The van der Waals surface area contributed by atoms with Crippen LogP contribution in [-0.2, 0) is 9.59 Å². The third-order valence-electron chi connectivity index (χ3n) is 5.30. The van der Waals surface area contributed by atoms with Gasteiger partial charge in [0.05, 0.1) is 11.0 Å². The molecule has 0 saturated carbocycles. The van der Waals surface area contributed by atoms with Crippen molar-refractivity contribution >= 4 is 11.9 Å². The van der Waals surface area contributed by atoms with Crippen LogP contribution in [0.2, 0.25) is 0 Å². The predicted octanol–water partition coefficient (Wildman–Crippen LogP) is 2.01. The summed E-state index contributed by atoms with van der Waals surface area (Å²) in [6.07, 6.45) is 5.63. The summed E-state index contributed by atoms with van der Waals surface area (Å²) in [6.45, 7) is 6.00. The van der Waals surface area contributed by atoms with Crippen molar-refractivity contribution in [1.29, 1.82) is 0 Å². The van der Waals surface area contributed by atoms with E-state index in [-0.39, 0.29) is 5.91 Å². The summed E-state index contributed by atoms with van der Waals surface area (Å²) in [5, 5.41) is 13.0. The summed E-state index contributed by atoms with van der Waals surface area (Å²) in [5.41, 5.74) is -1.19. The first kappa shape index (κ1) is 16.3. The number of likely N-dealkylation sites (tertiary alicyclic amines) is 1. The van der Waals surface area contributed by atoms with Gasteiger partial charge < -0.3 is 15.3 Å². The number of nitrogens with one attached hydrogen (secondary N) is 1. The molecule has 2 rings (SSSR count). The number of carboxylic acid groups (broad SMARTS) is 1. The third-order valence-corrected chi connectivity index (χ3v) is 5.30. The van der Waals surface area contributed by atoms with E-state index in [0.717, 1.165) is 38.6 Å². The van der Waals surface area contributed by atoms with Crippen LogP contribution in [-0.4, -0.2) is 47.1 Å². The molecule has 2 fully saturated rings. The molecule has 5 heteroatoms. The highest BCUT2D eigenvalue weighted by atomic mass is 16.4. The minimum Gasteiger partial charge on any atom is -0.481 e. The Morgan fingerprint density at radius 1 is 1.24 bits per heavy atom. The summed E-state index contributed by atoms with van der Waals surface area (Å²) in [5.74, 6) is -0.629. The number of hydrogen-bond donors (Lipinski definition) is 2. The molecule has 0 aromatic heterocycles. The second kappa shape index (κ2) is 6.34. The molecule has 2 N–H and O–H groups in total. The molecule has 2 aliphatic heterocycles. The number of carboxylic acids is 1. The van der Waals surface area contributed by atoms with Gasteiger partial charge in [-0.2, -0.15) is 0 Å². The van der Waals surface area contributed by atoms with E-state index in [4.69, 9.17) is 0 Å². The number of nitrogens with zero attached hydrogens (tertiary/aromatic N) is 1. The first-order valence-electron chi connectivity index (χ1n) is 8.27. The highest BCUT2D eigenvalue weighted by Crippen LogP contribution is 2.37. The average molecular weight is 296 g/mol. The largest absolute Gasteiger partial charge is 0.481 e. The Morgan fingerprint density at radius 2 is 2.00 bits per heavy atom. The molecule has 0 aliphatic carbocycles. The monoisotopic (exact) mass is 296 g/mol. The summed E-state index contributed by atoms with van der Waals surface area (Å²) in [6, 6.07) is 0. The molecule has 2 unspecified atom stereocenters. The standard InChI is InChI=1S/C16H28N2O3/c1-3-7-15(14(20)21)8-6-11-18(12-15)13(19)16(4-2)9-5-10-17-16/h17H,3-12H2,1-2H3,(H,20,21). The van der Waals surface area contributed by atoms with Crippen LogP contribution < -0.4 is 5.32 Å². The molecule has 2 saturated heterocycles. The van der Waals surface area contributed by atoms with E-state index >= 15 is 0 Å². The molecule has 1 amide bonds. The van der Waals surface area contributed by atoms with Crippen LogP contribution in [0.1, 0.15) is 58.8 Å². The van der Waals surface area contributed by atoms with Gasteiger partial charge in [0.2, 0.25) is 5.91 Å². The molecular formula is C16H28N2O3. The van der Waals surface area contributed by atoms with E-state index in [1.807, 2.05) is 18.7 Å². The maximum atomic E-state index is 12.9. The summed E-state index contributed by atoms with van der Waals surface area (Å²) < 4.78 is 0. The predicted molar refractivity (Wildman–Crippen MR) is 81.0 cm³/mol. The minimum atomic E-state index is -0.744. The fraction of sp³-hybridized carbons (Fsp3) is 0.875. The third kappa shape index (κ3) is 2.93. The quantitative estimate of drug-likeness (QED) is 0.814. The summed E-state index contributed by atoms with van der Waals surface area (Å²) in [4.78, 5) is 26.5. The van der Waals surface area contributed by atoms with Crippen molar-refractivity contribution in [3.63, 3.8) is 0 Å². The van der Waals surface area contributed by atoms with E-state index in [1.165, 1.54) is 0 Å². The van der Waals surface area contributed by atoms with Crippen molar-refractivity contribution in [2.24, 2.45) is 5.41 Å². The lowest BCUT2D eigenvalue weighted by atomic mass is 9.75. The lowest BCUT2D eigenvalue weighted by Crippen LogP contribution is -2.59. The van der Waals surface area contributed by atoms with Crippen LogP contribution in [0.3, 0.4) is 0 Å². The van der Waals surface area contributed by atoms with Gasteiger partial charge in [0.25, 0.3) is 0 Å². The van der Waals surface area contributed by atoms with Crippen molar-refractivity contribution in [3.05, 3.63) is 0 Å². The summed E-state index contributed by atoms with van der Waals surface area (Å²) in [7, 11) is 0. The van der Waals surface area contributed by atoms with Gasteiger partial charge in [0, 0.05) is 13.1 Å². The van der Waals surface area contributed by atoms with E-state index in [1.54, 1.807) is 0 Å². The Bertz CT molecular complexity index is 400. The first-order chi connectivity index (χ1) is 9.99. The lowest BCUT2D eigenvalue weighted by molar-refractivity contribution is -0.157. The Hall–Kier alpha value is -1.10. The zero-order valence-corrected chi connectivity index (χ0v) is 13.3. The SMILES string of the molecule is CCCC1(C(=O)O)CCCN(C(=O)C2(CC)CCCN2)C1. The van der Waals surface area contributed by atoms with E-state index in [9.17, 15) is 14.7 Å². The van der Waals surface area contributed by atoms with Crippen molar-refractivity contribution in [3.8, 4) is 0 Å². The number of aliphatic carboxylic acids is 1. The molecule has 0 radical (unpaired) electrons. The highest BCUT2D eigenvalue weighted by Gasteiger charge is 2.47. The Labute approximate surface area is 127 Å². The number of hydrogen-bond acceptors (Lipinski definition) is 3.